The van der Waals surface area contributed by atoms with Crippen LogP contribution in [-0.2, 0) is 19.4 Å². The number of aryl methyl sites for hydroxylation is 2. The van der Waals surface area contributed by atoms with Crippen LogP contribution < -0.4 is 5.32 Å². The predicted octanol–water partition coefficient (Wildman–Crippen LogP) is 3.03. The van der Waals surface area contributed by atoms with Gasteiger partial charge in [0, 0.05) is 37.1 Å². The van der Waals surface area contributed by atoms with Gasteiger partial charge in [-0.25, -0.2) is 9.97 Å². The molecule has 0 unspecified atom stereocenters. The minimum absolute atomic E-state index is 0.732. The van der Waals surface area contributed by atoms with Crippen LogP contribution in [0.2, 0.25) is 0 Å². The standard InChI is InChI=1S/C17H24N4/c1-3-5-16-18-8-9-21(16)17-11-13(10-14(4-2)20-17)12-19-15-6-7-15/h8-11,15,19H,3-7,12H2,1-2H3. The smallest absolute Gasteiger partial charge is 0.138 e. The van der Waals surface area contributed by atoms with Gasteiger partial charge in [0.05, 0.1) is 0 Å². The molecule has 0 amide bonds. The van der Waals surface area contributed by atoms with Gasteiger partial charge in [-0.3, -0.25) is 4.57 Å². The largest absolute Gasteiger partial charge is 0.310 e. The Morgan fingerprint density at radius 2 is 2.14 bits per heavy atom. The maximum atomic E-state index is 4.78. The molecule has 1 saturated carbocycles. The molecule has 2 heterocycles. The zero-order chi connectivity index (χ0) is 14.7. The second-order valence-electron chi connectivity index (χ2n) is 5.80. The van der Waals surface area contributed by atoms with Gasteiger partial charge in [-0.2, -0.15) is 0 Å². The Morgan fingerprint density at radius 3 is 2.86 bits per heavy atom. The van der Waals surface area contributed by atoms with Crippen molar-refractivity contribution in [3.8, 4) is 5.82 Å². The van der Waals surface area contributed by atoms with Gasteiger partial charge in [0.2, 0.25) is 0 Å². The SMILES string of the molecule is CCCc1nccn1-c1cc(CNC2CC2)cc(CC)n1. The molecule has 1 aliphatic rings. The minimum atomic E-state index is 0.732. The molecule has 0 bridgehead atoms. The maximum absolute atomic E-state index is 4.78. The number of nitrogens with one attached hydrogen (secondary N) is 1. The number of hydrogen-bond acceptors (Lipinski definition) is 3. The average Bonchev–Trinajstić information content (AvgIpc) is 3.23. The first kappa shape index (κ1) is 14.3. The summed E-state index contributed by atoms with van der Waals surface area (Å²) in [6.45, 7) is 5.27. The lowest BCUT2D eigenvalue weighted by atomic mass is 10.2. The molecule has 0 aliphatic heterocycles. The molecule has 21 heavy (non-hydrogen) atoms. The van der Waals surface area contributed by atoms with Crippen molar-refractivity contribution in [3.63, 3.8) is 0 Å². The third kappa shape index (κ3) is 3.50. The molecule has 112 valence electrons. The Balaban J connectivity index is 1.88. The first-order valence-electron chi connectivity index (χ1n) is 8.06. The number of pyridine rings is 1. The molecule has 0 radical (unpaired) electrons. The highest BCUT2D eigenvalue weighted by molar-refractivity contribution is 5.32. The van der Waals surface area contributed by atoms with E-state index in [2.05, 4.69) is 40.8 Å². The van der Waals surface area contributed by atoms with Gasteiger partial charge in [-0.05, 0) is 43.4 Å². The van der Waals surface area contributed by atoms with Crippen LogP contribution in [0.25, 0.3) is 5.82 Å². The summed E-state index contributed by atoms with van der Waals surface area (Å²) in [7, 11) is 0. The van der Waals surface area contributed by atoms with E-state index in [1.54, 1.807) is 0 Å². The first-order valence-corrected chi connectivity index (χ1v) is 8.06. The van der Waals surface area contributed by atoms with Gasteiger partial charge >= 0.3 is 0 Å². The number of aromatic nitrogens is 3. The topological polar surface area (TPSA) is 42.7 Å². The van der Waals surface area contributed by atoms with Crippen LogP contribution in [0.3, 0.4) is 0 Å². The molecule has 2 aromatic heterocycles. The predicted molar refractivity (Wildman–Crippen MR) is 84.6 cm³/mol. The highest BCUT2D eigenvalue weighted by atomic mass is 15.1. The van der Waals surface area contributed by atoms with E-state index < -0.39 is 0 Å². The van der Waals surface area contributed by atoms with Crippen LogP contribution >= 0.6 is 0 Å². The first-order chi connectivity index (χ1) is 10.3. The molecule has 0 atom stereocenters. The lowest BCUT2D eigenvalue weighted by Crippen LogP contribution is -2.16. The van der Waals surface area contributed by atoms with Gasteiger partial charge in [-0.15, -0.1) is 0 Å². The molecular weight excluding hydrogens is 260 g/mol. The summed E-state index contributed by atoms with van der Waals surface area (Å²) in [6.07, 6.45) is 9.57. The van der Waals surface area contributed by atoms with E-state index in [-0.39, 0.29) is 0 Å². The van der Waals surface area contributed by atoms with Crippen LogP contribution in [0.5, 0.6) is 0 Å². The monoisotopic (exact) mass is 284 g/mol. The summed E-state index contributed by atoms with van der Waals surface area (Å²) >= 11 is 0. The van der Waals surface area contributed by atoms with Crippen molar-refractivity contribution < 1.29 is 0 Å². The number of imidazole rings is 1. The summed E-state index contributed by atoms with van der Waals surface area (Å²) in [5, 5.41) is 3.58. The Hall–Kier alpha value is -1.68. The molecule has 2 aromatic rings. The second kappa shape index (κ2) is 6.39. The molecule has 0 saturated heterocycles. The fourth-order valence-corrected chi connectivity index (χ4v) is 2.54. The van der Waals surface area contributed by atoms with E-state index in [0.29, 0.717) is 0 Å². The van der Waals surface area contributed by atoms with Crippen LogP contribution in [0.15, 0.2) is 24.5 Å². The maximum Gasteiger partial charge on any atom is 0.138 e. The Labute approximate surface area is 126 Å². The molecule has 4 nitrogen and oxygen atoms in total. The zero-order valence-corrected chi connectivity index (χ0v) is 13.0. The van der Waals surface area contributed by atoms with Crippen molar-refractivity contribution in [1.29, 1.82) is 0 Å². The van der Waals surface area contributed by atoms with Crippen molar-refractivity contribution in [3.05, 3.63) is 41.6 Å². The number of nitrogens with zero attached hydrogens (tertiary/aromatic N) is 3. The summed E-state index contributed by atoms with van der Waals surface area (Å²) in [5.41, 5.74) is 2.47. The lowest BCUT2D eigenvalue weighted by Gasteiger charge is -2.11. The third-order valence-corrected chi connectivity index (χ3v) is 3.90. The minimum Gasteiger partial charge on any atom is -0.310 e. The number of rotatable bonds is 7. The van der Waals surface area contributed by atoms with E-state index >= 15 is 0 Å². The van der Waals surface area contributed by atoms with E-state index in [4.69, 9.17) is 4.98 Å². The molecular formula is C17H24N4. The second-order valence-corrected chi connectivity index (χ2v) is 5.80. The molecule has 0 aromatic carbocycles. The summed E-state index contributed by atoms with van der Waals surface area (Å²) in [6, 6.07) is 5.14. The van der Waals surface area contributed by atoms with Gasteiger partial charge in [0.1, 0.15) is 11.6 Å². The average molecular weight is 284 g/mol. The summed E-state index contributed by atoms with van der Waals surface area (Å²) in [4.78, 5) is 9.23. The Bertz CT molecular complexity index is 599. The van der Waals surface area contributed by atoms with Crippen molar-refractivity contribution in [1.82, 2.24) is 19.9 Å². The lowest BCUT2D eigenvalue weighted by molar-refractivity contribution is 0.684. The fraction of sp³-hybridized carbons (Fsp3) is 0.529. The van der Waals surface area contributed by atoms with Gasteiger partial charge in [0.15, 0.2) is 0 Å². The third-order valence-electron chi connectivity index (χ3n) is 3.90. The molecule has 0 spiro atoms. The van der Waals surface area contributed by atoms with Crippen molar-refractivity contribution >= 4 is 0 Å². The molecule has 3 rings (SSSR count). The normalized spacial score (nSPS) is 14.6. The van der Waals surface area contributed by atoms with Gasteiger partial charge in [0.25, 0.3) is 0 Å². The number of hydrogen-bond donors (Lipinski definition) is 1. The molecule has 1 N–H and O–H groups in total. The van der Waals surface area contributed by atoms with E-state index in [9.17, 15) is 0 Å². The van der Waals surface area contributed by atoms with Crippen molar-refractivity contribution in [2.75, 3.05) is 0 Å². The quantitative estimate of drug-likeness (QED) is 0.850. The van der Waals surface area contributed by atoms with Crippen LogP contribution in [-0.4, -0.2) is 20.6 Å². The Kier molecular flexibility index (Phi) is 4.34. The van der Waals surface area contributed by atoms with E-state index in [1.165, 1.54) is 18.4 Å². The Morgan fingerprint density at radius 1 is 1.29 bits per heavy atom. The van der Waals surface area contributed by atoms with Gasteiger partial charge < -0.3 is 5.32 Å². The molecule has 1 fully saturated rings. The molecule has 1 aliphatic carbocycles. The van der Waals surface area contributed by atoms with E-state index in [0.717, 1.165) is 49.2 Å². The van der Waals surface area contributed by atoms with Crippen molar-refractivity contribution in [2.45, 2.75) is 58.5 Å². The van der Waals surface area contributed by atoms with Gasteiger partial charge in [-0.1, -0.05) is 13.8 Å². The highest BCUT2D eigenvalue weighted by Gasteiger charge is 2.20. The summed E-state index contributed by atoms with van der Waals surface area (Å²) in [5.74, 6) is 2.10. The van der Waals surface area contributed by atoms with Crippen LogP contribution in [0, 0.1) is 0 Å². The van der Waals surface area contributed by atoms with Crippen molar-refractivity contribution in [2.24, 2.45) is 0 Å². The van der Waals surface area contributed by atoms with E-state index in [1.807, 2.05) is 12.4 Å². The summed E-state index contributed by atoms with van der Waals surface area (Å²) < 4.78 is 2.13. The van der Waals surface area contributed by atoms with Crippen LogP contribution in [0.4, 0.5) is 0 Å². The zero-order valence-electron chi connectivity index (χ0n) is 13.0. The van der Waals surface area contributed by atoms with Crippen LogP contribution in [0.1, 0.15) is 50.2 Å². The fourth-order valence-electron chi connectivity index (χ4n) is 2.54. The molecule has 4 heteroatoms. The highest BCUT2D eigenvalue weighted by Crippen LogP contribution is 2.20.